The van der Waals surface area contributed by atoms with E-state index >= 15 is 0 Å². The van der Waals surface area contributed by atoms with Gasteiger partial charge in [-0.15, -0.1) is 0 Å². The highest BCUT2D eigenvalue weighted by atomic mass is 16.5. The van der Waals surface area contributed by atoms with E-state index < -0.39 is 0 Å². The van der Waals surface area contributed by atoms with E-state index in [1.54, 1.807) is 50.4 Å². The minimum absolute atomic E-state index is 0.168. The van der Waals surface area contributed by atoms with Gasteiger partial charge in [0.05, 0.1) is 17.7 Å². The molecule has 0 aliphatic heterocycles. The molecule has 7 heteroatoms. The van der Waals surface area contributed by atoms with Gasteiger partial charge < -0.3 is 20.1 Å². The molecule has 0 radical (unpaired) electrons. The molecule has 0 bridgehead atoms. The van der Waals surface area contributed by atoms with Gasteiger partial charge in [-0.05, 0) is 49.7 Å². The molecule has 0 unspecified atom stereocenters. The first-order valence-electron chi connectivity index (χ1n) is 8.41. The highest BCUT2D eigenvalue weighted by Gasteiger charge is 2.07. The van der Waals surface area contributed by atoms with Crippen molar-refractivity contribution in [3.8, 4) is 0 Å². The lowest BCUT2D eigenvalue weighted by Crippen LogP contribution is -2.25. The van der Waals surface area contributed by atoms with Gasteiger partial charge in [0, 0.05) is 32.1 Å². The van der Waals surface area contributed by atoms with Crippen LogP contribution in [-0.2, 0) is 9.47 Å². The van der Waals surface area contributed by atoms with Crippen LogP contribution >= 0.6 is 0 Å². The molecule has 2 rings (SSSR count). The van der Waals surface area contributed by atoms with Gasteiger partial charge in [0.15, 0.2) is 0 Å². The topological polar surface area (TPSA) is 89.5 Å². The van der Waals surface area contributed by atoms with Gasteiger partial charge in [0.2, 0.25) is 0 Å². The molecular weight excluding hydrogens is 334 g/mol. The number of benzene rings is 1. The molecule has 7 nitrogen and oxygen atoms in total. The van der Waals surface area contributed by atoms with Gasteiger partial charge in [-0.2, -0.15) is 0 Å². The molecule has 0 aliphatic rings. The summed E-state index contributed by atoms with van der Waals surface area (Å²) in [6.45, 7) is 3.27. The van der Waals surface area contributed by atoms with Gasteiger partial charge in [0.1, 0.15) is 5.82 Å². The summed E-state index contributed by atoms with van der Waals surface area (Å²) >= 11 is 0. The van der Waals surface area contributed by atoms with Crippen molar-refractivity contribution in [3.05, 3.63) is 53.7 Å². The van der Waals surface area contributed by atoms with E-state index in [4.69, 9.17) is 9.47 Å². The third-order valence-corrected chi connectivity index (χ3v) is 3.50. The van der Waals surface area contributed by atoms with Crippen LogP contribution in [0.15, 0.2) is 42.6 Å². The standard InChI is InChI=1S/C19H23N3O4/c1-3-26-19(24)14-5-8-16(9-6-14)22-17-10-7-15(13-21-17)18(23)20-11-4-12-25-2/h5-10,13H,3-4,11-12H2,1-2H3,(H,20,23)(H,21,22). The molecule has 1 heterocycles. The molecule has 0 spiro atoms. The van der Waals surface area contributed by atoms with Crippen molar-refractivity contribution >= 4 is 23.4 Å². The molecule has 0 atom stereocenters. The molecule has 138 valence electrons. The van der Waals surface area contributed by atoms with Crippen LogP contribution in [0.1, 0.15) is 34.1 Å². The zero-order valence-electron chi connectivity index (χ0n) is 15.0. The third kappa shape index (κ3) is 5.86. The summed E-state index contributed by atoms with van der Waals surface area (Å²) in [7, 11) is 1.63. The second kappa shape index (κ2) is 10.1. The van der Waals surface area contributed by atoms with Crippen molar-refractivity contribution in [2.75, 3.05) is 32.2 Å². The van der Waals surface area contributed by atoms with Crippen molar-refractivity contribution in [1.82, 2.24) is 10.3 Å². The number of ether oxygens (including phenoxy) is 2. The van der Waals surface area contributed by atoms with E-state index in [1.807, 2.05) is 0 Å². The molecule has 0 saturated heterocycles. The number of rotatable bonds is 9. The second-order valence-corrected chi connectivity index (χ2v) is 5.46. The van der Waals surface area contributed by atoms with Crippen LogP contribution in [0, 0.1) is 0 Å². The summed E-state index contributed by atoms with van der Waals surface area (Å²) in [4.78, 5) is 27.8. The largest absolute Gasteiger partial charge is 0.462 e. The average Bonchev–Trinajstić information content (AvgIpc) is 2.66. The van der Waals surface area contributed by atoms with Crippen LogP contribution in [0.4, 0.5) is 11.5 Å². The predicted molar refractivity (Wildman–Crippen MR) is 98.7 cm³/mol. The smallest absolute Gasteiger partial charge is 0.338 e. The van der Waals surface area contributed by atoms with Crippen LogP contribution in [0.5, 0.6) is 0 Å². The Morgan fingerprint density at radius 1 is 1.08 bits per heavy atom. The fourth-order valence-corrected chi connectivity index (χ4v) is 2.17. The summed E-state index contributed by atoms with van der Waals surface area (Å²) in [6.07, 6.45) is 2.28. The van der Waals surface area contributed by atoms with E-state index in [-0.39, 0.29) is 11.9 Å². The first kappa shape index (κ1) is 19.4. The number of nitrogens with one attached hydrogen (secondary N) is 2. The fourth-order valence-electron chi connectivity index (χ4n) is 2.17. The number of nitrogens with zero attached hydrogens (tertiary/aromatic N) is 1. The predicted octanol–water partition coefficient (Wildman–Crippen LogP) is 2.77. The number of hydrogen-bond acceptors (Lipinski definition) is 6. The normalized spacial score (nSPS) is 10.2. The van der Waals surface area contributed by atoms with Crippen LogP contribution in [0.2, 0.25) is 0 Å². The summed E-state index contributed by atoms with van der Waals surface area (Å²) in [5, 5.41) is 5.92. The van der Waals surface area contributed by atoms with E-state index in [9.17, 15) is 9.59 Å². The molecule has 1 amide bonds. The van der Waals surface area contributed by atoms with E-state index in [0.717, 1.165) is 12.1 Å². The van der Waals surface area contributed by atoms with Crippen LogP contribution < -0.4 is 10.6 Å². The molecule has 26 heavy (non-hydrogen) atoms. The first-order valence-corrected chi connectivity index (χ1v) is 8.41. The SMILES string of the molecule is CCOC(=O)c1ccc(Nc2ccc(C(=O)NCCCOC)cn2)cc1. The Morgan fingerprint density at radius 2 is 1.81 bits per heavy atom. The van der Waals surface area contributed by atoms with Crippen molar-refractivity contribution in [2.24, 2.45) is 0 Å². The van der Waals surface area contributed by atoms with Gasteiger partial charge >= 0.3 is 5.97 Å². The van der Waals surface area contributed by atoms with Crippen molar-refractivity contribution in [3.63, 3.8) is 0 Å². The number of esters is 1. The molecule has 0 saturated carbocycles. The maximum atomic E-state index is 12.0. The Labute approximate surface area is 152 Å². The van der Waals surface area contributed by atoms with Gasteiger partial charge in [-0.25, -0.2) is 9.78 Å². The molecule has 0 fully saturated rings. The lowest BCUT2D eigenvalue weighted by Gasteiger charge is -2.08. The molecule has 2 N–H and O–H groups in total. The lowest BCUT2D eigenvalue weighted by molar-refractivity contribution is 0.0526. The van der Waals surface area contributed by atoms with Gasteiger partial charge in [0.25, 0.3) is 5.91 Å². The first-order chi connectivity index (χ1) is 12.6. The second-order valence-electron chi connectivity index (χ2n) is 5.46. The number of amides is 1. The van der Waals surface area contributed by atoms with Crippen molar-refractivity contribution in [2.45, 2.75) is 13.3 Å². The average molecular weight is 357 g/mol. The number of carbonyl (C=O) groups is 2. The number of aromatic nitrogens is 1. The number of pyridine rings is 1. The molecule has 2 aromatic rings. The lowest BCUT2D eigenvalue weighted by atomic mass is 10.2. The molecule has 1 aromatic carbocycles. The van der Waals surface area contributed by atoms with E-state index in [0.29, 0.717) is 36.7 Å². The Morgan fingerprint density at radius 3 is 2.42 bits per heavy atom. The number of methoxy groups -OCH3 is 1. The number of hydrogen-bond donors (Lipinski definition) is 2. The monoisotopic (exact) mass is 357 g/mol. The molecular formula is C19H23N3O4. The maximum Gasteiger partial charge on any atom is 0.338 e. The van der Waals surface area contributed by atoms with Gasteiger partial charge in [-0.3, -0.25) is 4.79 Å². The number of carbonyl (C=O) groups excluding carboxylic acids is 2. The van der Waals surface area contributed by atoms with Crippen LogP contribution in [-0.4, -0.2) is 43.7 Å². The fraction of sp³-hybridized carbons (Fsp3) is 0.316. The summed E-state index contributed by atoms with van der Waals surface area (Å²) < 4.78 is 9.88. The van der Waals surface area contributed by atoms with Crippen LogP contribution in [0.25, 0.3) is 0 Å². The van der Waals surface area contributed by atoms with E-state index in [1.165, 1.54) is 6.20 Å². The third-order valence-electron chi connectivity index (χ3n) is 3.50. The quantitative estimate of drug-likeness (QED) is 0.530. The van der Waals surface area contributed by atoms with E-state index in [2.05, 4.69) is 15.6 Å². The molecule has 1 aromatic heterocycles. The zero-order chi connectivity index (χ0) is 18.8. The summed E-state index contributed by atoms with van der Waals surface area (Å²) in [6, 6.07) is 10.3. The zero-order valence-corrected chi connectivity index (χ0v) is 15.0. The highest BCUT2D eigenvalue weighted by molar-refractivity contribution is 5.94. The Bertz CT molecular complexity index is 715. The Balaban J connectivity index is 1.90. The number of anilines is 2. The maximum absolute atomic E-state index is 12.0. The Hall–Kier alpha value is -2.93. The summed E-state index contributed by atoms with van der Waals surface area (Å²) in [5.41, 5.74) is 1.76. The minimum Gasteiger partial charge on any atom is -0.462 e. The van der Waals surface area contributed by atoms with Crippen LogP contribution in [0.3, 0.4) is 0 Å². The highest BCUT2D eigenvalue weighted by Crippen LogP contribution is 2.16. The Kier molecular flexibility index (Phi) is 7.57. The summed E-state index contributed by atoms with van der Waals surface area (Å²) in [5.74, 6) is 0.0850. The minimum atomic E-state index is -0.349. The molecule has 0 aliphatic carbocycles. The van der Waals surface area contributed by atoms with Crippen molar-refractivity contribution < 1.29 is 19.1 Å². The van der Waals surface area contributed by atoms with Gasteiger partial charge in [-0.1, -0.05) is 0 Å². The van der Waals surface area contributed by atoms with Crippen molar-refractivity contribution in [1.29, 1.82) is 0 Å².